The molecule has 3 aromatic rings. The summed E-state index contributed by atoms with van der Waals surface area (Å²) in [5.41, 5.74) is 4.59. The van der Waals surface area contributed by atoms with E-state index in [-0.39, 0.29) is 11.1 Å². The first-order valence-electron chi connectivity index (χ1n) is 15.2. The predicted molar refractivity (Wildman–Crippen MR) is 170 cm³/mol. The molecule has 12 nitrogen and oxygen atoms in total. The molecule has 0 aromatic heterocycles. The smallest absolute Gasteiger partial charge is 0.412 e. The number of likely N-dealkylation sites (tertiary alicyclic amines) is 1. The van der Waals surface area contributed by atoms with Gasteiger partial charge in [0.05, 0.1) is 11.1 Å². The number of aryl methyl sites for hydroxylation is 2. The molecule has 1 aliphatic heterocycles. The molecule has 3 N–H and O–H groups in total. The van der Waals surface area contributed by atoms with E-state index in [1.54, 1.807) is 45.2 Å². The van der Waals surface area contributed by atoms with Gasteiger partial charge in [0, 0.05) is 13.1 Å². The van der Waals surface area contributed by atoms with Crippen LogP contribution in [0.4, 0.5) is 4.79 Å². The fourth-order valence-electron chi connectivity index (χ4n) is 5.66. The van der Waals surface area contributed by atoms with Crippen molar-refractivity contribution in [3.63, 3.8) is 0 Å². The molecule has 4 atom stereocenters. The molecular formula is C35H38N2O10. The minimum atomic E-state index is -2.22. The van der Waals surface area contributed by atoms with Crippen LogP contribution in [0.25, 0.3) is 0 Å². The molecule has 1 saturated heterocycles. The van der Waals surface area contributed by atoms with Gasteiger partial charge in [-0.1, -0.05) is 48.4 Å². The highest BCUT2D eigenvalue weighted by atomic mass is 16.6. The summed E-state index contributed by atoms with van der Waals surface area (Å²) in [6, 6.07) is 18.7. The van der Waals surface area contributed by atoms with Crippen LogP contribution < -0.4 is 10.1 Å². The molecule has 2 unspecified atom stereocenters. The number of hydrogen-bond donors (Lipinski definition) is 3. The predicted octanol–water partition coefficient (Wildman–Crippen LogP) is 4.88. The number of carboxylic acids is 2. The third-order valence-corrected chi connectivity index (χ3v) is 8.20. The topological polar surface area (TPSA) is 169 Å². The van der Waals surface area contributed by atoms with Crippen LogP contribution in [0.15, 0.2) is 66.7 Å². The van der Waals surface area contributed by atoms with Crippen LogP contribution >= 0.6 is 0 Å². The number of rotatable bonds is 9. The number of amides is 1. The second-order valence-corrected chi connectivity index (χ2v) is 11.4. The Hall–Kier alpha value is -5.23. The SMILES string of the molecule is CCN1CCC2CC1c1ccc(OC(=O)NC)cc12.Cc1ccc(C(=O)O[C@@H](C(=O)O)[C@@H](OC(=O)c2ccc(C)cc2)C(=O)O)cc1. The van der Waals surface area contributed by atoms with Gasteiger partial charge < -0.3 is 29.7 Å². The van der Waals surface area contributed by atoms with Crippen molar-refractivity contribution in [1.82, 2.24) is 10.2 Å². The molecule has 0 radical (unpaired) electrons. The molecule has 1 heterocycles. The Morgan fingerprint density at radius 3 is 1.77 bits per heavy atom. The summed E-state index contributed by atoms with van der Waals surface area (Å²) in [5.74, 6) is -4.34. The largest absolute Gasteiger partial charge is 0.478 e. The number of carbonyl (C=O) groups excluding carboxylic acids is 3. The van der Waals surface area contributed by atoms with E-state index in [1.165, 1.54) is 54.8 Å². The van der Waals surface area contributed by atoms with Gasteiger partial charge >= 0.3 is 30.0 Å². The quantitative estimate of drug-likeness (QED) is 0.271. The lowest BCUT2D eigenvalue weighted by Gasteiger charge is -2.32. The van der Waals surface area contributed by atoms with Gasteiger partial charge in [-0.15, -0.1) is 0 Å². The van der Waals surface area contributed by atoms with Crippen LogP contribution in [0.1, 0.15) is 74.7 Å². The van der Waals surface area contributed by atoms with Gasteiger partial charge in [0.1, 0.15) is 5.75 Å². The monoisotopic (exact) mass is 646 g/mol. The Balaban J connectivity index is 0.000000228. The van der Waals surface area contributed by atoms with E-state index in [0.717, 1.165) is 17.7 Å². The van der Waals surface area contributed by atoms with Crippen molar-refractivity contribution in [2.24, 2.45) is 0 Å². The molecule has 1 fully saturated rings. The second-order valence-electron chi connectivity index (χ2n) is 11.4. The minimum Gasteiger partial charge on any atom is -0.478 e. The average molecular weight is 647 g/mol. The summed E-state index contributed by atoms with van der Waals surface area (Å²) in [6.07, 6.45) is -2.43. The van der Waals surface area contributed by atoms with Crippen molar-refractivity contribution in [1.29, 1.82) is 0 Å². The van der Waals surface area contributed by atoms with E-state index in [4.69, 9.17) is 14.2 Å². The zero-order valence-corrected chi connectivity index (χ0v) is 26.6. The van der Waals surface area contributed by atoms with Crippen LogP contribution in [-0.4, -0.2) is 77.4 Å². The minimum absolute atomic E-state index is 0.0332. The highest BCUT2D eigenvalue weighted by Gasteiger charge is 2.41. The lowest BCUT2D eigenvalue weighted by Crippen LogP contribution is -2.45. The van der Waals surface area contributed by atoms with Crippen LogP contribution in [0, 0.1) is 13.8 Å². The maximum Gasteiger partial charge on any atom is 0.412 e. The van der Waals surface area contributed by atoms with Crippen LogP contribution in [0.5, 0.6) is 5.75 Å². The first-order valence-corrected chi connectivity index (χ1v) is 15.2. The number of carbonyl (C=O) groups is 5. The van der Waals surface area contributed by atoms with E-state index in [1.807, 2.05) is 6.07 Å². The van der Waals surface area contributed by atoms with Gasteiger partial charge in [-0.2, -0.15) is 0 Å². The van der Waals surface area contributed by atoms with Gasteiger partial charge in [0.25, 0.3) is 0 Å². The Bertz CT molecular complexity index is 1540. The van der Waals surface area contributed by atoms with Crippen molar-refractivity contribution >= 4 is 30.0 Å². The number of hydrogen-bond acceptors (Lipinski definition) is 9. The number of fused-ring (bicyclic) bond motifs is 5. The van der Waals surface area contributed by atoms with Gasteiger partial charge in [0.2, 0.25) is 12.2 Å². The number of nitrogens with one attached hydrogen (secondary N) is 1. The Morgan fingerprint density at radius 1 is 0.809 bits per heavy atom. The highest BCUT2D eigenvalue weighted by Crippen LogP contribution is 2.49. The molecule has 248 valence electrons. The number of piperidine rings is 1. The number of aliphatic carboxylic acids is 2. The van der Waals surface area contributed by atoms with Crippen LogP contribution in [-0.2, 0) is 19.1 Å². The Labute approximate surface area is 272 Å². The second kappa shape index (κ2) is 15.4. The molecule has 1 amide bonds. The Kier molecular flexibility index (Phi) is 11.3. The average Bonchev–Trinajstić information content (AvgIpc) is 3.34. The lowest BCUT2D eigenvalue weighted by atomic mass is 9.95. The van der Waals surface area contributed by atoms with Crippen molar-refractivity contribution in [2.45, 2.75) is 57.8 Å². The maximum atomic E-state index is 12.2. The van der Waals surface area contributed by atoms with Gasteiger partial charge in [-0.3, -0.25) is 4.90 Å². The molecule has 0 spiro atoms. The molecule has 2 bridgehead atoms. The highest BCUT2D eigenvalue weighted by molar-refractivity contribution is 5.95. The number of benzene rings is 3. The summed E-state index contributed by atoms with van der Waals surface area (Å²) in [7, 11) is 1.57. The normalized spacial score (nSPS) is 17.5. The number of esters is 2. The first kappa shape index (κ1) is 34.6. The van der Waals surface area contributed by atoms with E-state index in [2.05, 4.69) is 29.3 Å². The number of carboxylic acid groups (broad SMARTS) is 2. The first-order chi connectivity index (χ1) is 22.4. The number of ether oxygens (including phenoxy) is 3. The molecular weight excluding hydrogens is 608 g/mol. The van der Waals surface area contributed by atoms with Crippen molar-refractivity contribution in [3.8, 4) is 5.75 Å². The Morgan fingerprint density at radius 2 is 1.32 bits per heavy atom. The molecule has 0 saturated carbocycles. The molecule has 5 rings (SSSR count). The summed E-state index contributed by atoms with van der Waals surface area (Å²) >= 11 is 0. The van der Waals surface area contributed by atoms with Crippen molar-refractivity contribution < 1.29 is 48.4 Å². The molecule has 47 heavy (non-hydrogen) atoms. The third kappa shape index (κ3) is 8.53. The van der Waals surface area contributed by atoms with Crippen molar-refractivity contribution in [3.05, 3.63) is 100 Å². The van der Waals surface area contributed by atoms with Crippen LogP contribution in [0.3, 0.4) is 0 Å². The zero-order chi connectivity index (χ0) is 34.2. The van der Waals surface area contributed by atoms with Gasteiger partial charge in [0.15, 0.2) is 0 Å². The lowest BCUT2D eigenvalue weighted by molar-refractivity contribution is -0.166. The molecule has 12 heteroatoms. The van der Waals surface area contributed by atoms with E-state index >= 15 is 0 Å². The fraction of sp³-hybridized carbons (Fsp3) is 0.343. The molecule has 2 aliphatic rings. The van der Waals surface area contributed by atoms with Gasteiger partial charge in [-0.05, 0) is 93.2 Å². The molecule has 3 aromatic carbocycles. The summed E-state index contributed by atoms with van der Waals surface area (Å²) < 4.78 is 14.9. The standard InChI is InChI=1S/C20H18O8.C15H20N2O2/c1-11-3-7-13(8-4-11)19(25)27-15(17(21)22)16(18(23)24)28-20(26)14-9-5-12(2)6-10-14;1-3-17-7-6-10-8-14(17)12-5-4-11(9-13(10)12)19-15(18)16-2/h3-10,15-16H,1-2H3,(H,21,22)(H,23,24);4-5,9-10,14H,3,6-8H2,1-2H3,(H,16,18)/t15-,16-;/m1./s1. The summed E-state index contributed by atoms with van der Waals surface area (Å²) in [4.78, 5) is 61.1. The van der Waals surface area contributed by atoms with E-state index < -0.39 is 42.2 Å². The van der Waals surface area contributed by atoms with Gasteiger partial charge in [-0.25, -0.2) is 24.0 Å². The molecule has 1 aliphatic carbocycles. The summed E-state index contributed by atoms with van der Waals surface area (Å²) in [6.45, 7) is 8.08. The fourth-order valence-corrected chi connectivity index (χ4v) is 5.66. The zero-order valence-electron chi connectivity index (χ0n) is 26.6. The van der Waals surface area contributed by atoms with E-state index in [0.29, 0.717) is 17.7 Å². The maximum absolute atomic E-state index is 12.2. The summed E-state index contributed by atoms with van der Waals surface area (Å²) in [5, 5.41) is 21.1. The number of nitrogens with zero attached hydrogens (tertiary/aromatic N) is 1. The van der Waals surface area contributed by atoms with E-state index in [9.17, 15) is 34.2 Å². The third-order valence-electron chi connectivity index (χ3n) is 8.20. The van der Waals surface area contributed by atoms with Crippen molar-refractivity contribution in [2.75, 3.05) is 20.1 Å². The van der Waals surface area contributed by atoms with Crippen LogP contribution in [0.2, 0.25) is 0 Å².